The van der Waals surface area contributed by atoms with E-state index in [1.54, 1.807) is 17.8 Å². The van der Waals surface area contributed by atoms with E-state index in [-0.39, 0.29) is 6.10 Å². The first-order valence-electron chi connectivity index (χ1n) is 7.11. The topological polar surface area (TPSA) is 64.3 Å². The van der Waals surface area contributed by atoms with Crippen molar-refractivity contribution in [2.45, 2.75) is 32.0 Å². The van der Waals surface area contributed by atoms with Crippen molar-refractivity contribution in [1.29, 1.82) is 0 Å². The van der Waals surface area contributed by atoms with Crippen molar-refractivity contribution in [3.63, 3.8) is 0 Å². The van der Waals surface area contributed by atoms with Crippen LogP contribution in [0.4, 0.5) is 5.82 Å². The molecule has 0 radical (unpaired) electrons. The molecule has 0 amide bonds. The predicted octanol–water partition coefficient (Wildman–Crippen LogP) is 1.82. The third kappa shape index (κ3) is 4.92. The van der Waals surface area contributed by atoms with Crippen molar-refractivity contribution >= 4 is 17.6 Å². The lowest BCUT2D eigenvalue weighted by Gasteiger charge is -2.33. The number of hydrogen-bond acceptors (Lipinski definition) is 6. The molecule has 2 rings (SSSR count). The molecule has 1 aliphatic heterocycles. The molecule has 1 unspecified atom stereocenters. The highest BCUT2D eigenvalue weighted by atomic mass is 32.2. The summed E-state index contributed by atoms with van der Waals surface area (Å²) in [6.45, 7) is 10.4. The predicted molar refractivity (Wildman–Crippen MR) is 82.9 cm³/mol. The van der Waals surface area contributed by atoms with Crippen LogP contribution in [0.2, 0.25) is 0 Å². The van der Waals surface area contributed by atoms with Crippen LogP contribution in [0.5, 0.6) is 0 Å². The number of morpholine rings is 1. The van der Waals surface area contributed by atoms with Gasteiger partial charge in [-0.25, -0.2) is 9.97 Å². The quantitative estimate of drug-likeness (QED) is 0.660. The maximum Gasteiger partial charge on any atom is 0.189 e. The van der Waals surface area contributed by atoms with Crippen LogP contribution < -0.4 is 5.73 Å². The highest BCUT2D eigenvalue weighted by Crippen LogP contribution is 2.19. The van der Waals surface area contributed by atoms with Gasteiger partial charge in [-0.1, -0.05) is 25.6 Å². The van der Waals surface area contributed by atoms with Gasteiger partial charge in [-0.05, 0) is 12.8 Å². The van der Waals surface area contributed by atoms with Gasteiger partial charge in [-0.2, -0.15) is 0 Å². The Labute approximate surface area is 125 Å². The van der Waals surface area contributed by atoms with Gasteiger partial charge in [0.1, 0.15) is 5.82 Å². The summed E-state index contributed by atoms with van der Waals surface area (Å²) < 4.78 is 5.82. The highest BCUT2D eigenvalue weighted by Gasteiger charge is 2.21. The smallest absolute Gasteiger partial charge is 0.189 e. The molecular formula is C14H24N4OS. The molecule has 0 saturated carbocycles. The standard InChI is InChI=1S/C14H24N4OS/c1-10(2)7-18-4-5-19-12(8-18)9-20-14-16-11(3)6-13(15)17-14/h6,10,12H,4-5,7-9H2,1-3H3,(H2,15,16,17). The van der Waals surface area contributed by atoms with Crippen LogP contribution in [0, 0.1) is 12.8 Å². The Morgan fingerprint density at radius 2 is 2.30 bits per heavy atom. The molecule has 0 bridgehead atoms. The van der Waals surface area contributed by atoms with Gasteiger partial charge in [-0.15, -0.1) is 0 Å². The van der Waals surface area contributed by atoms with Crippen molar-refractivity contribution in [1.82, 2.24) is 14.9 Å². The van der Waals surface area contributed by atoms with Crippen LogP contribution in [0.3, 0.4) is 0 Å². The molecule has 2 N–H and O–H groups in total. The number of ether oxygens (including phenoxy) is 1. The fourth-order valence-electron chi connectivity index (χ4n) is 2.36. The molecule has 0 aliphatic carbocycles. The van der Waals surface area contributed by atoms with Crippen molar-refractivity contribution in [3.05, 3.63) is 11.8 Å². The van der Waals surface area contributed by atoms with E-state index in [1.165, 1.54) is 0 Å². The number of aryl methyl sites for hydroxylation is 1. The zero-order valence-corrected chi connectivity index (χ0v) is 13.3. The molecule has 1 saturated heterocycles. The normalized spacial score (nSPS) is 20.5. The Kier molecular flexibility index (Phi) is 5.63. The number of rotatable bonds is 5. The van der Waals surface area contributed by atoms with Gasteiger partial charge in [0.2, 0.25) is 0 Å². The molecule has 0 aromatic carbocycles. The highest BCUT2D eigenvalue weighted by molar-refractivity contribution is 7.99. The van der Waals surface area contributed by atoms with E-state index in [4.69, 9.17) is 10.5 Å². The zero-order chi connectivity index (χ0) is 14.5. The van der Waals surface area contributed by atoms with E-state index in [0.29, 0.717) is 11.7 Å². The molecule has 1 aromatic heterocycles. The molecule has 1 aromatic rings. The number of aromatic nitrogens is 2. The van der Waals surface area contributed by atoms with Gasteiger partial charge >= 0.3 is 0 Å². The molecule has 1 fully saturated rings. The Bertz CT molecular complexity index is 421. The Morgan fingerprint density at radius 1 is 1.50 bits per heavy atom. The largest absolute Gasteiger partial charge is 0.384 e. The molecule has 1 atom stereocenters. The second-order valence-electron chi connectivity index (χ2n) is 5.67. The first-order chi connectivity index (χ1) is 9.52. The Morgan fingerprint density at radius 3 is 3.00 bits per heavy atom. The fraction of sp³-hybridized carbons (Fsp3) is 0.714. The number of anilines is 1. The van der Waals surface area contributed by atoms with E-state index in [2.05, 4.69) is 28.7 Å². The molecule has 0 spiro atoms. The van der Waals surface area contributed by atoms with Gasteiger partial charge in [0.05, 0.1) is 12.7 Å². The summed E-state index contributed by atoms with van der Waals surface area (Å²) in [7, 11) is 0. The average Bonchev–Trinajstić information content (AvgIpc) is 2.35. The molecule has 112 valence electrons. The van der Waals surface area contributed by atoms with Gasteiger partial charge in [-0.3, -0.25) is 4.90 Å². The SMILES string of the molecule is Cc1cc(N)nc(SCC2CN(CC(C)C)CCO2)n1. The van der Waals surface area contributed by atoms with E-state index in [0.717, 1.165) is 42.8 Å². The number of nitrogens with zero attached hydrogens (tertiary/aromatic N) is 3. The molecule has 2 heterocycles. The van der Waals surface area contributed by atoms with Crippen LogP contribution in [-0.2, 0) is 4.74 Å². The van der Waals surface area contributed by atoms with Gasteiger partial charge < -0.3 is 10.5 Å². The van der Waals surface area contributed by atoms with E-state index >= 15 is 0 Å². The summed E-state index contributed by atoms with van der Waals surface area (Å²) in [5, 5.41) is 0.743. The summed E-state index contributed by atoms with van der Waals surface area (Å²) in [6.07, 6.45) is 0.248. The van der Waals surface area contributed by atoms with E-state index in [9.17, 15) is 0 Å². The lowest BCUT2D eigenvalue weighted by molar-refractivity contribution is -0.0191. The molecular weight excluding hydrogens is 272 g/mol. The minimum atomic E-state index is 0.248. The second kappa shape index (κ2) is 7.24. The van der Waals surface area contributed by atoms with Gasteiger partial charge in [0, 0.05) is 37.1 Å². The minimum Gasteiger partial charge on any atom is -0.384 e. The number of hydrogen-bond donors (Lipinski definition) is 1. The van der Waals surface area contributed by atoms with Gasteiger partial charge in [0.15, 0.2) is 5.16 Å². The summed E-state index contributed by atoms with van der Waals surface area (Å²) in [5.41, 5.74) is 6.65. The molecule has 6 heteroatoms. The summed E-state index contributed by atoms with van der Waals surface area (Å²) in [4.78, 5) is 11.1. The summed E-state index contributed by atoms with van der Waals surface area (Å²) in [6, 6.07) is 1.78. The number of nitrogens with two attached hydrogens (primary N) is 1. The van der Waals surface area contributed by atoms with Crippen LogP contribution in [-0.4, -0.2) is 53.0 Å². The third-order valence-electron chi connectivity index (χ3n) is 3.10. The number of nitrogen functional groups attached to an aromatic ring is 1. The summed E-state index contributed by atoms with van der Waals surface area (Å²) >= 11 is 1.62. The average molecular weight is 296 g/mol. The van der Waals surface area contributed by atoms with E-state index < -0.39 is 0 Å². The van der Waals surface area contributed by atoms with Crippen LogP contribution in [0.1, 0.15) is 19.5 Å². The minimum absolute atomic E-state index is 0.248. The van der Waals surface area contributed by atoms with E-state index in [1.807, 2.05) is 6.92 Å². The van der Waals surface area contributed by atoms with Crippen LogP contribution in [0.25, 0.3) is 0 Å². The molecule has 20 heavy (non-hydrogen) atoms. The van der Waals surface area contributed by atoms with Crippen molar-refractivity contribution < 1.29 is 4.74 Å². The van der Waals surface area contributed by atoms with Crippen molar-refractivity contribution in [2.24, 2.45) is 5.92 Å². The van der Waals surface area contributed by atoms with Gasteiger partial charge in [0.25, 0.3) is 0 Å². The number of thioether (sulfide) groups is 1. The first-order valence-corrected chi connectivity index (χ1v) is 8.09. The fourth-order valence-corrected chi connectivity index (χ4v) is 3.28. The van der Waals surface area contributed by atoms with Crippen molar-refractivity contribution in [3.8, 4) is 0 Å². The first kappa shape index (κ1) is 15.5. The van der Waals surface area contributed by atoms with Crippen molar-refractivity contribution in [2.75, 3.05) is 37.7 Å². The third-order valence-corrected chi connectivity index (χ3v) is 4.08. The van der Waals surface area contributed by atoms with Crippen LogP contribution in [0.15, 0.2) is 11.2 Å². The molecule has 5 nitrogen and oxygen atoms in total. The molecule has 1 aliphatic rings. The zero-order valence-electron chi connectivity index (χ0n) is 12.5. The Balaban J connectivity index is 1.84. The Hall–Kier alpha value is -0.850. The lowest BCUT2D eigenvalue weighted by Crippen LogP contribution is -2.44. The maximum absolute atomic E-state index is 5.82. The monoisotopic (exact) mass is 296 g/mol. The summed E-state index contributed by atoms with van der Waals surface area (Å²) in [5.74, 6) is 2.10. The maximum atomic E-state index is 5.82. The lowest BCUT2D eigenvalue weighted by atomic mass is 10.2. The second-order valence-corrected chi connectivity index (χ2v) is 6.66. The van der Waals surface area contributed by atoms with Crippen LogP contribution >= 0.6 is 11.8 Å².